The number of thiol groups is 1. The van der Waals surface area contributed by atoms with Crippen LogP contribution in [0.4, 0.5) is 4.79 Å². The second kappa shape index (κ2) is 2.17. The molecule has 0 aromatic heterocycles. The Labute approximate surface area is 68.6 Å². The first kappa shape index (κ1) is 7.94. The predicted molar refractivity (Wildman–Crippen MR) is 43.1 cm³/mol. The molecule has 1 heterocycles. The van der Waals surface area contributed by atoms with Gasteiger partial charge >= 0.3 is 0 Å². The summed E-state index contributed by atoms with van der Waals surface area (Å²) < 4.78 is -0.855. The first-order chi connectivity index (χ1) is 4.45. The molecule has 10 heavy (non-hydrogen) atoms. The van der Waals surface area contributed by atoms with Crippen LogP contribution >= 0.6 is 24.4 Å². The molecule has 2 amide bonds. The molecule has 0 aromatic carbocycles. The summed E-state index contributed by atoms with van der Waals surface area (Å²) in [4.78, 5) is 22.9. The summed E-state index contributed by atoms with van der Waals surface area (Å²) >= 11 is 4.95. The zero-order valence-electron chi connectivity index (χ0n) is 5.62. The summed E-state index contributed by atoms with van der Waals surface area (Å²) in [6, 6.07) is 0. The summed E-state index contributed by atoms with van der Waals surface area (Å²) in [6.45, 7) is 1.62. The molecule has 0 bridgehead atoms. The molecule has 0 N–H and O–H groups in total. The minimum Gasteiger partial charge on any atom is -0.274 e. The first-order valence-corrected chi connectivity index (χ1v) is 3.95. The lowest BCUT2D eigenvalue weighted by Gasteiger charge is -2.10. The van der Waals surface area contributed by atoms with Gasteiger partial charge in [0.25, 0.3) is 11.1 Å². The number of amides is 2. The van der Waals surface area contributed by atoms with Gasteiger partial charge in [0.2, 0.25) is 0 Å². The number of carbonyl (C=O) groups is 2. The lowest BCUT2D eigenvalue weighted by molar-refractivity contribution is -0.126. The smallest absolute Gasteiger partial charge is 0.274 e. The number of nitrogens with zero attached hydrogens (tertiary/aromatic N) is 1. The van der Waals surface area contributed by atoms with Gasteiger partial charge in [0, 0.05) is 7.05 Å². The SMILES string of the molecule is CN1C(=O)SC(C)(S)C1=O. The van der Waals surface area contributed by atoms with Crippen LogP contribution in [-0.4, -0.2) is 27.2 Å². The van der Waals surface area contributed by atoms with Gasteiger partial charge in [-0.3, -0.25) is 14.5 Å². The molecular weight excluding hydrogens is 170 g/mol. The molecular formula is C5H7NO2S2. The maximum absolute atomic E-state index is 11.0. The molecule has 1 fully saturated rings. The van der Waals surface area contributed by atoms with Gasteiger partial charge in [-0.05, 0) is 18.7 Å². The molecule has 5 heteroatoms. The van der Waals surface area contributed by atoms with E-state index in [1.807, 2.05) is 0 Å². The van der Waals surface area contributed by atoms with Gasteiger partial charge in [-0.25, -0.2) is 0 Å². The minimum atomic E-state index is -0.855. The Morgan fingerprint density at radius 1 is 1.60 bits per heavy atom. The lowest BCUT2D eigenvalue weighted by Crippen LogP contribution is -2.30. The summed E-state index contributed by atoms with van der Waals surface area (Å²) in [5.41, 5.74) is 0. The van der Waals surface area contributed by atoms with E-state index in [1.165, 1.54) is 7.05 Å². The maximum atomic E-state index is 11.0. The molecule has 1 aliphatic rings. The van der Waals surface area contributed by atoms with Gasteiger partial charge in [0.15, 0.2) is 0 Å². The predicted octanol–water partition coefficient (Wildman–Crippen LogP) is 0.958. The van der Waals surface area contributed by atoms with Crippen LogP contribution in [0.15, 0.2) is 0 Å². The summed E-state index contributed by atoms with van der Waals surface area (Å²) in [6.07, 6.45) is 0. The zero-order valence-corrected chi connectivity index (χ0v) is 7.33. The standard InChI is InChI=1S/C5H7NO2S2/c1-5(9)3(7)6(2)4(8)10-5/h9H,1-2H3. The van der Waals surface area contributed by atoms with Crippen molar-refractivity contribution in [2.75, 3.05) is 7.05 Å². The molecule has 1 atom stereocenters. The molecule has 56 valence electrons. The molecule has 3 nitrogen and oxygen atoms in total. The lowest BCUT2D eigenvalue weighted by atomic mass is 10.4. The Morgan fingerprint density at radius 2 is 2.10 bits per heavy atom. The van der Waals surface area contributed by atoms with Crippen LogP contribution in [-0.2, 0) is 4.79 Å². The fraction of sp³-hybridized carbons (Fsp3) is 0.600. The van der Waals surface area contributed by atoms with E-state index in [0.717, 1.165) is 16.7 Å². The third-order valence-corrected chi connectivity index (χ3v) is 2.75. The van der Waals surface area contributed by atoms with Gasteiger partial charge in [0.05, 0.1) is 0 Å². The monoisotopic (exact) mass is 177 g/mol. The molecule has 1 saturated heterocycles. The highest BCUT2D eigenvalue weighted by Gasteiger charge is 2.44. The van der Waals surface area contributed by atoms with E-state index >= 15 is 0 Å². The van der Waals surface area contributed by atoms with Crippen LogP contribution in [0.3, 0.4) is 0 Å². The van der Waals surface area contributed by atoms with Crippen LogP contribution in [0.25, 0.3) is 0 Å². The van der Waals surface area contributed by atoms with Crippen molar-refractivity contribution in [3.05, 3.63) is 0 Å². The van der Waals surface area contributed by atoms with Gasteiger partial charge < -0.3 is 0 Å². The number of hydrogen-bond acceptors (Lipinski definition) is 4. The molecule has 1 unspecified atom stereocenters. The van der Waals surface area contributed by atoms with E-state index in [9.17, 15) is 9.59 Å². The third-order valence-electron chi connectivity index (χ3n) is 1.26. The Hall–Kier alpha value is -0.160. The van der Waals surface area contributed by atoms with Gasteiger partial charge in [0.1, 0.15) is 4.08 Å². The topological polar surface area (TPSA) is 37.4 Å². The second-order valence-corrected chi connectivity index (χ2v) is 4.78. The van der Waals surface area contributed by atoms with Crippen LogP contribution in [0.2, 0.25) is 0 Å². The summed E-state index contributed by atoms with van der Waals surface area (Å²) in [5, 5.41) is -0.234. The highest BCUT2D eigenvalue weighted by atomic mass is 32.2. The molecule has 1 rings (SSSR count). The zero-order chi connectivity index (χ0) is 7.94. The minimum absolute atomic E-state index is 0.234. The van der Waals surface area contributed by atoms with Gasteiger partial charge in [-0.15, -0.1) is 0 Å². The third kappa shape index (κ3) is 1.03. The normalized spacial score (nSPS) is 33.7. The second-order valence-electron chi connectivity index (χ2n) is 2.22. The number of hydrogen-bond donors (Lipinski definition) is 1. The van der Waals surface area contributed by atoms with Crippen molar-refractivity contribution in [1.29, 1.82) is 0 Å². The van der Waals surface area contributed by atoms with Crippen molar-refractivity contribution < 1.29 is 9.59 Å². The summed E-state index contributed by atoms with van der Waals surface area (Å²) in [5.74, 6) is -0.245. The van der Waals surface area contributed by atoms with E-state index in [2.05, 4.69) is 12.6 Å². The van der Waals surface area contributed by atoms with Gasteiger partial charge in [-0.1, -0.05) is 0 Å². The van der Waals surface area contributed by atoms with Crippen LogP contribution < -0.4 is 0 Å². The van der Waals surface area contributed by atoms with Crippen molar-refractivity contribution in [1.82, 2.24) is 4.90 Å². The van der Waals surface area contributed by atoms with Crippen molar-refractivity contribution in [3.8, 4) is 0 Å². The molecule has 0 radical (unpaired) electrons. The van der Waals surface area contributed by atoms with Crippen molar-refractivity contribution in [3.63, 3.8) is 0 Å². The Morgan fingerprint density at radius 3 is 2.20 bits per heavy atom. The number of imide groups is 1. The highest BCUT2D eigenvalue weighted by molar-refractivity contribution is 8.23. The fourth-order valence-electron chi connectivity index (χ4n) is 0.676. The Balaban J connectivity index is 2.92. The number of thioether (sulfide) groups is 1. The number of carbonyl (C=O) groups excluding carboxylic acids is 2. The van der Waals surface area contributed by atoms with E-state index in [0.29, 0.717) is 0 Å². The largest absolute Gasteiger partial charge is 0.289 e. The van der Waals surface area contributed by atoms with E-state index in [4.69, 9.17) is 0 Å². The maximum Gasteiger partial charge on any atom is 0.289 e. The van der Waals surface area contributed by atoms with Crippen LogP contribution in [0.5, 0.6) is 0 Å². The van der Waals surface area contributed by atoms with Crippen LogP contribution in [0.1, 0.15) is 6.92 Å². The van der Waals surface area contributed by atoms with Crippen molar-refractivity contribution in [2.24, 2.45) is 0 Å². The van der Waals surface area contributed by atoms with E-state index in [1.54, 1.807) is 6.92 Å². The van der Waals surface area contributed by atoms with Crippen LogP contribution in [0, 0.1) is 0 Å². The van der Waals surface area contributed by atoms with Crippen molar-refractivity contribution in [2.45, 2.75) is 11.0 Å². The average Bonchev–Trinajstić information content (AvgIpc) is 1.95. The Kier molecular flexibility index (Phi) is 1.72. The first-order valence-electron chi connectivity index (χ1n) is 2.68. The fourth-order valence-corrected chi connectivity index (χ4v) is 1.84. The molecule has 0 spiro atoms. The van der Waals surface area contributed by atoms with E-state index in [-0.39, 0.29) is 11.1 Å². The Bertz CT molecular complexity index is 202. The highest BCUT2D eigenvalue weighted by Crippen LogP contribution is 2.38. The molecule has 0 aliphatic carbocycles. The van der Waals surface area contributed by atoms with E-state index < -0.39 is 4.08 Å². The number of rotatable bonds is 0. The molecule has 0 aromatic rings. The van der Waals surface area contributed by atoms with Crippen molar-refractivity contribution >= 4 is 35.5 Å². The average molecular weight is 177 g/mol. The summed E-state index contributed by atoms with van der Waals surface area (Å²) in [7, 11) is 1.46. The quantitative estimate of drug-likeness (QED) is 0.560. The molecule has 1 aliphatic heterocycles. The van der Waals surface area contributed by atoms with Gasteiger partial charge in [-0.2, -0.15) is 12.6 Å². The molecule has 0 saturated carbocycles.